The molecule has 0 radical (unpaired) electrons. The number of imide groups is 1. The van der Waals surface area contributed by atoms with Crippen LogP contribution in [-0.4, -0.2) is 35.1 Å². The van der Waals surface area contributed by atoms with Crippen LogP contribution in [0.1, 0.15) is 23.2 Å². The number of halogens is 1. The van der Waals surface area contributed by atoms with Crippen LogP contribution >= 0.6 is 11.6 Å². The third kappa shape index (κ3) is 3.56. The minimum Gasteiger partial charge on any atom is -0.274 e. The van der Waals surface area contributed by atoms with Crippen molar-refractivity contribution in [3.05, 3.63) is 47.0 Å². The second-order valence-corrected chi connectivity index (χ2v) is 6.36. The molecule has 1 aliphatic heterocycles. The number of hydrazine groups is 1. The lowest BCUT2D eigenvalue weighted by molar-refractivity contribution is -0.143. The Morgan fingerprint density at radius 1 is 1.00 bits per heavy atom. The van der Waals surface area contributed by atoms with Gasteiger partial charge >= 0.3 is 0 Å². The van der Waals surface area contributed by atoms with Crippen molar-refractivity contribution in [3.8, 4) is 0 Å². The molecule has 8 heteroatoms. The monoisotopic (exact) mass is 361 g/mol. The lowest BCUT2D eigenvalue weighted by Gasteiger charge is -2.14. The van der Waals surface area contributed by atoms with E-state index >= 15 is 0 Å². The van der Waals surface area contributed by atoms with Gasteiger partial charge in [-0.2, -0.15) is 0 Å². The van der Waals surface area contributed by atoms with Crippen LogP contribution in [0.3, 0.4) is 0 Å². The van der Waals surface area contributed by atoms with E-state index in [9.17, 15) is 19.2 Å². The van der Waals surface area contributed by atoms with E-state index in [4.69, 9.17) is 11.6 Å². The molecule has 2 atom stereocenters. The van der Waals surface area contributed by atoms with E-state index in [1.807, 2.05) is 12.2 Å². The molecule has 2 N–H and O–H groups in total. The van der Waals surface area contributed by atoms with E-state index in [0.717, 1.165) is 4.90 Å². The van der Waals surface area contributed by atoms with Crippen molar-refractivity contribution in [2.75, 3.05) is 6.54 Å². The Morgan fingerprint density at radius 2 is 1.56 bits per heavy atom. The highest BCUT2D eigenvalue weighted by Crippen LogP contribution is 2.34. The molecule has 2 aliphatic rings. The maximum absolute atomic E-state index is 12.3. The first-order valence-electron chi connectivity index (χ1n) is 7.82. The zero-order valence-electron chi connectivity index (χ0n) is 13.2. The van der Waals surface area contributed by atoms with Gasteiger partial charge in [0.1, 0.15) is 6.54 Å². The summed E-state index contributed by atoms with van der Waals surface area (Å²) in [6.07, 6.45) is 4.78. The van der Waals surface area contributed by atoms with E-state index in [1.54, 1.807) is 12.1 Å². The molecule has 4 amide bonds. The highest BCUT2D eigenvalue weighted by atomic mass is 35.5. The molecule has 7 nitrogen and oxygen atoms in total. The summed E-state index contributed by atoms with van der Waals surface area (Å²) in [7, 11) is 0. The van der Waals surface area contributed by atoms with Gasteiger partial charge in [-0.15, -0.1) is 0 Å². The maximum atomic E-state index is 12.3. The first-order valence-corrected chi connectivity index (χ1v) is 8.20. The van der Waals surface area contributed by atoms with Gasteiger partial charge in [0.15, 0.2) is 0 Å². The Balaban J connectivity index is 1.54. The summed E-state index contributed by atoms with van der Waals surface area (Å²) in [5.41, 5.74) is 4.77. The zero-order chi connectivity index (χ0) is 18.0. The van der Waals surface area contributed by atoms with Gasteiger partial charge in [-0.3, -0.25) is 34.9 Å². The lowest BCUT2D eigenvalue weighted by atomic mass is 9.85. The topological polar surface area (TPSA) is 95.6 Å². The Labute approximate surface area is 149 Å². The van der Waals surface area contributed by atoms with Gasteiger partial charge in [0.25, 0.3) is 11.8 Å². The maximum Gasteiger partial charge on any atom is 0.269 e. The summed E-state index contributed by atoms with van der Waals surface area (Å²) in [5, 5.41) is 0.489. The van der Waals surface area contributed by atoms with Crippen molar-refractivity contribution in [2.45, 2.75) is 12.8 Å². The van der Waals surface area contributed by atoms with Crippen LogP contribution in [0.4, 0.5) is 0 Å². The number of nitrogens with one attached hydrogen (secondary N) is 2. The summed E-state index contributed by atoms with van der Waals surface area (Å²) in [6, 6.07) is 6.12. The highest BCUT2D eigenvalue weighted by molar-refractivity contribution is 6.30. The minimum atomic E-state index is -0.643. The largest absolute Gasteiger partial charge is 0.274 e. The number of hydrogen-bond acceptors (Lipinski definition) is 4. The Morgan fingerprint density at radius 3 is 2.12 bits per heavy atom. The van der Waals surface area contributed by atoms with Crippen molar-refractivity contribution in [2.24, 2.45) is 11.8 Å². The Hall–Kier alpha value is -2.67. The number of nitrogens with zero attached hydrogens (tertiary/aromatic N) is 1. The number of hydrogen-bond donors (Lipinski definition) is 2. The van der Waals surface area contributed by atoms with Crippen LogP contribution < -0.4 is 10.9 Å². The molecule has 1 aliphatic carbocycles. The predicted molar refractivity (Wildman–Crippen MR) is 89.1 cm³/mol. The number of rotatable bonds is 3. The number of carbonyl (C=O) groups excluding carboxylic acids is 4. The average Bonchev–Trinajstić information content (AvgIpc) is 2.86. The van der Waals surface area contributed by atoms with Gasteiger partial charge in [-0.25, -0.2) is 0 Å². The number of allylic oxidation sites excluding steroid dienone is 2. The van der Waals surface area contributed by atoms with E-state index in [0.29, 0.717) is 23.4 Å². The summed E-state index contributed by atoms with van der Waals surface area (Å²) >= 11 is 5.74. The highest BCUT2D eigenvalue weighted by Gasteiger charge is 2.47. The molecule has 1 fully saturated rings. The quantitative estimate of drug-likeness (QED) is 0.478. The summed E-state index contributed by atoms with van der Waals surface area (Å²) in [6.45, 7) is -0.411. The molecule has 0 aromatic heterocycles. The molecule has 1 heterocycles. The van der Waals surface area contributed by atoms with E-state index in [2.05, 4.69) is 10.9 Å². The molecule has 25 heavy (non-hydrogen) atoms. The third-order valence-corrected chi connectivity index (χ3v) is 4.57. The summed E-state index contributed by atoms with van der Waals surface area (Å²) in [5.74, 6) is -2.60. The van der Waals surface area contributed by atoms with Crippen LogP contribution in [0.5, 0.6) is 0 Å². The van der Waals surface area contributed by atoms with Gasteiger partial charge in [0.05, 0.1) is 11.8 Å². The van der Waals surface area contributed by atoms with Crippen LogP contribution in [-0.2, 0) is 14.4 Å². The second-order valence-electron chi connectivity index (χ2n) is 5.93. The molecule has 1 aromatic carbocycles. The number of amides is 4. The standard InChI is InChI=1S/C17H16ClN3O4/c18-11-7-5-10(6-8-11)15(23)20-19-14(22)9-21-16(24)12-3-1-2-4-13(12)17(21)25/h1-2,5-8,12-13H,3-4,9H2,(H,19,22)(H,20,23). The average molecular weight is 362 g/mol. The van der Waals surface area contributed by atoms with E-state index in [-0.39, 0.29) is 23.7 Å². The summed E-state index contributed by atoms with van der Waals surface area (Å²) < 4.78 is 0. The fourth-order valence-electron chi connectivity index (χ4n) is 3.01. The normalized spacial score (nSPS) is 21.9. The lowest BCUT2D eigenvalue weighted by Crippen LogP contribution is -2.47. The van der Waals surface area contributed by atoms with Crippen molar-refractivity contribution in [3.63, 3.8) is 0 Å². The number of fused-ring (bicyclic) bond motifs is 1. The van der Waals surface area contributed by atoms with Crippen LogP contribution in [0, 0.1) is 11.8 Å². The first kappa shape index (κ1) is 17.2. The van der Waals surface area contributed by atoms with E-state index in [1.165, 1.54) is 12.1 Å². The summed E-state index contributed by atoms with van der Waals surface area (Å²) in [4.78, 5) is 49.4. The molecular formula is C17H16ClN3O4. The molecule has 3 rings (SSSR count). The Bertz CT molecular complexity index is 734. The first-order chi connectivity index (χ1) is 12.0. The van der Waals surface area contributed by atoms with Crippen molar-refractivity contribution in [1.82, 2.24) is 15.8 Å². The van der Waals surface area contributed by atoms with E-state index < -0.39 is 18.4 Å². The van der Waals surface area contributed by atoms with Crippen molar-refractivity contribution >= 4 is 35.2 Å². The molecule has 0 bridgehead atoms. The minimum absolute atomic E-state index is 0.315. The SMILES string of the molecule is O=C(CN1C(=O)C2CC=CCC2C1=O)NNC(=O)c1ccc(Cl)cc1. The Kier molecular flexibility index (Phi) is 4.85. The van der Waals surface area contributed by atoms with Gasteiger partial charge in [0.2, 0.25) is 11.8 Å². The molecule has 1 aromatic rings. The van der Waals surface area contributed by atoms with Gasteiger partial charge in [0, 0.05) is 10.6 Å². The zero-order valence-corrected chi connectivity index (χ0v) is 14.0. The second kappa shape index (κ2) is 7.06. The predicted octanol–water partition coefficient (Wildman–Crippen LogP) is 1.05. The molecule has 0 saturated carbocycles. The molecule has 0 spiro atoms. The van der Waals surface area contributed by atoms with Crippen LogP contribution in [0.2, 0.25) is 5.02 Å². The number of likely N-dealkylation sites (tertiary alicyclic amines) is 1. The van der Waals surface area contributed by atoms with Gasteiger partial charge in [-0.1, -0.05) is 23.8 Å². The molecule has 2 unspecified atom stereocenters. The third-order valence-electron chi connectivity index (χ3n) is 4.32. The fraction of sp³-hybridized carbons (Fsp3) is 0.294. The van der Waals surface area contributed by atoms with Gasteiger partial charge < -0.3 is 0 Å². The fourth-order valence-corrected chi connectivity index (χ4v) is 3.13. The van der Waals surface area contributed by atoms with Crippen LogP contribution in [0.15, 0.2) is 36.4 Å². The van der Waals surface area contributed by atoms with Crippen molar-refractivity contribution in [1.29, 1.82) is 0 Å². The van der Waals surface area contributed by atoms with Crippen LogP contribution in [0.25, 0.3) is 0 Å². The number of benzene rings is 1. The van der Waals surface area contributed by atoms with Crippen molar-refractivity contribution < 1.29 is 19.2 Å². The smallest absolute Gasteiger partial charge is 0.269 e. The molecule has 130 valence electrons. The van der Waals surface area contributed by atoms with Gasteiger partial charge in [-0.05, 0) is 37.1 Å². The number of carbonyl (C=O) groups is 4. The molecule has 1 saturated heterocycles. The molecular weight excluding hydrogens is 346 g/mol.